The summed E-state index contributed by atoms with van der Waals surface area (Å²) in [7, 11) is 0. The second-order valence-corrected chi connectivity index (χ2v) is 4.82. The van der Waals surface area contributed by atoms with Crippen molar-refractivity contribution in [2.24, 2.45) is 0 Å². The number of rotatable bonds is 4. The molecule has 0 unspecified atom stereocenters. The Balaban J connectivity index is 1.86. The second kappa shape index (κ2) is 6.36. The van der Waals surface area contributed by atoms with Crippen molar-refractivity contribution in [1.82, 2.24) is 9.80 Å². The van der Waals surface area contributed by atoms with Gasteiger partial charge in [0.25, 0.3) is 0 Å². The normalized spacial score (nSPS) is 17.8. The quantitative estimate of drug-likeness (QED) is 0.755. The fourth-order valence-electron chi connectivity index (χ4n) is 2.26. The fourth-order valence-corrected chi connectivity index (χ4v) is 2.26. The Morgan fingerprint density at radius 2 is 1.83 bits per heavy atom. The number of carbonyl (C=O) groups excluding carboxylic acids is 1. The van der Waals surface area contributed by atoms with Crippen molar-refractivity contribution in [3.63, 3.8) is 0 Å². The molecule has 0 radical (unpaired) electrons. The zero-order valence-electron chi connectivity index (χ0n) is 10.9. The van der Waals surface area contributed by atoms with Gasteiger partial charge in [0.1, 0.15) is 0 Å². The molecule has 1 fully saturated rings. The van der Waals surface area contributed by atoms with Crippen molar-refractivity contribution in [3.8, 4) is 0 Å². The predicted octanol–water partition coefficient (Wildman–Crippen LogP) is 1.86. The molecule has 1 aliphatic heterocycles. The van der Waals surface area contributed by atoms with Crippen LogP contribution < -0.4 is 0 Å². The third-order valence-electron chi connectivity index (χ3n) is 3.24. The van der Waals surface area contributed by atoms with Gasteiger partial charge in [-0.25, -0.2) is 0 Å². The molecule has 18 heavy (non-hydrogen) atoms. The van der Waals surface area contributed by atoms with E-state index in [0.717, 1.165) is 39.1 Å². The van der Waals surface area contributed by atoms with Crippen LogP contribution >= 0.6 is 0 Å². The lowest BCUT2D eigenvalue weighted by atomic mass is 10.1. The highest BCUT2D eigenvalue weighted by atomic mass is 16.1. The first-order valence-electron chi connectivity index (χ1n) is 6.42. The number of piperazine rings is 1. The van der Waals surface area contributed by atoms with Gasteiger partial charge in [-0.15, -0.1) is 0 Å². The van der Waals surface area contributed by atoms with Crippen LogP contribution in [0.5, 0.6) is 0 Å². The number of carbonyl (C=O) groups is 1. The summed E-state index contributed by atoms with van der Waals surface area (Å²) < 4.78 is 0. The monoisotopic (exact) mass is 244 g/mol. The summed E-state index contributed by atoms with van der Waals surface area (Å²) in [6.07, 6.45) is 3.18. The summed E-state index contributed by atoms with van der Waals surface area (Å²) in [6, 6.07) is 10.4. The van der Waals surface area contributed by atoms with Crippen molar-refractivity contribution in [3.05, 3.63) is 41.5 Å². The summed E-state index contributed by atoms with van der Waals surface area (Å²) in [5.41, 5.74) is 2.61. The van der Waals surface area contributed by atoms with Gasteiger partial charge in [0.05, 0.1) is 0 Å². The van der Waals surface area contributed by atoms with Crippen LogP contribution in [0.3, 0.4) is 0 Å². The van der Waals surface area contributed by atoms with Gasteiger partial charge in [-0.1, -0.05) is 42.0 Å². The van der Waals surface area contributed by atoms with Crippen molar-refractivity contribution in [1.29, 1.82) is 0 Å². The second-order valence-electron chi connectivity index (χ2n) is 4.82. The van der Waals surface area contributed by atoms with Crippen molar-refractivity contribution < 1.29 is 4.79 Å². The number of hydrogen-bond donors (Lipinski definition) is 0. The molecule has 0 aromatic heterocycles. The SMILES string of the molecule is C/C(=C\c1ccccc1)CN1CCN(C=O)CC1. The number of benzene rings is 1. The molecule has 1 aromatic rings. The van der Waals surface area contributed by atoms with Gasteiger partial charge in [-0.2, -0.15) is 0 Å². The molecule has 0 spiro atoms. The van der Waals surface area contributed by atoms with E-state index in [4.69, 9.17) is 0 Å². The molecule has 0 N–H and O–H groups in total. The summed E-state index contributed by atoms with van der Waals surface area (Å²) in [5.74, 6) is 0. The molecule has 3 nitrogen and oxygen atoms in total. The number of amides is 1. The van der Waals surface area contributed by atoms with E-state index in [-0.39, 0.29) is 0 Å². The van der Waals surface area contributed by atoms with Crippen molar-refractivity contribution in [2.45, 2.75) is 6.92 Å². The van der Waals surface area contributed by atoms with Crippen LogP contribution in [0, 0.1) is 0 Å². The molecule has 2 rings (SSSR count). The summed E-state index contributed by atoms with van der Waals surface area (Å²) >= 11 is 0. The Morgan fingerprint density at radius 1 is 1.17 bits per heavy atom. The Morgan fingerprint density at radius 3 is 2.44 bits per heavy atom. The molecule has 1 saturated heterocycles. The molecule has 1 aliphatic rings. The summed E-state index contributed by atoms with van der Waals surface area (Å²) in [4.78, 5) is 14.9. The van der Waals surface area contributed by atoms with Gasteiger partial charge in [0.15, 0.2) is 0 Å². The van der Waals surface area contributed by atoms with Crippen LogP contribution in [0.4, 0.5) is 0 Å². The van der Waals surface area contributed by atoms with E-state index in [1.165, 1.54) is 11.1 Å². The number of hydrogen-bond acceptors (Lipinski definition) is 2. The number of nitrogens with zero attached hydrogens (tertiary/aromatic N) is 2. The molecule has 0 aliphatic carbocycles. The molecule has 1 aromatic carbocycles. The van der Waals surface area contributed by atoms with Gasteiger partial charge in [-0.05, 0) is 12.5 Å². The first kappa shape index (κ1) is 12.8. The lowest BCUT2D eigenvalue weighted by Gasteiger charge is -2.32. The maximum atomic E-state index is 10.6. The minimum absolute atomic E-state index is 0.849. The van der Waals surface area contributed by atoms with Gasteiger partial charge < -0.3 is 4.90 Å². The van der Waals surface area contributed by atoms with Gasteiger partial charge in [0, 0.05) is 32.7 Å². The first-order valence-corrected chi connectivity index (χ1v) is 6.42. The smallest absolute Gasteiger partial charge is 0.209 e. The highest BCUT2D eigenvalue weighted by Gasteiger charge is 2.14. The summed E-state index contributed by atoms with van der Waals surface area (Å²) in [5, 5.41) is 0. The first-order chi connectivity index (χ1) is 8.78. The van der Waals surface area contributed by atoms with Crippen LogP contribution in [0.15, 0.2) is 35.9 Å². The Bertz CT molecular complexity index is 406. The molecule has 0 saturated carbocycles. The van der Waals surface area contributed by atoms with Crippen LogP contribution in [0.1, 0.15) is 12.5 Å². The lowest BCUT2D eigenvalue weighted by Crippen LogP contribution is -2.46. The zero-order valence-corrected chi connectivity index (χ0v) is 10.9. The van der Waals surface area contributed by atoms with Gasteiger partial charge >= 0.3 is 0 Å². The standard InChI is InChI=1S/C15H20N2O/c1-14(11-15-5-3-2-4-6-15)12-16-7-9-17(13-18)10-8-16/h2-6,11,13H,7-10,12H2,1H3/b14-11+. The van der Waals surface area contributed by atoms with Crippen LogP contribution in [-0.2, 0) is 4.79 Å². The van der Waals surface area contributed by atoms with Crippen molar-refractivity contribution in [2.75, 3.05) is 32.7 Å². The largest absolute Gasteiger partial charge is 0.343 e. The predicted molar refractivity (Wildman–Crippen MR) is 74.2 cm³/mol. The van der Waals surface area contributed by atoms with E-state index in [9.17, 15) is 4.79 Å². The van der Waals surface area contributed by atoms with Crippen molar-refractivity contribution >= 4 is 12.5 Å². The van der Waals surface area contributed by atoms with E-state index in [1.807, 2.05) is 11.0 Å². The summed E-state index contributed by atoms with van der Waals surface area (Å²) in [6.45, 7) is 6.79. The fraction of sp³-hybridized carbons (Fsp3) is 0.400. The molecule has 3 heteroatoms. The third-order valence-corrected chi connectivity index (χ3v) is 3.24. The minimum Gasteiger partial charge on any atom is -0.343 e. The van der Waals surface area contributed by atoms with E-state index in [2.05, 4.69) is 42.2 Å². The average Bonchev–Trinajstić information content (AvgIpc) is 2.40. The van der Waals surface area contributed by atoms with Crippen LogP contribution in [-0.4, -0.2) is 48.9 Å². The van der Waals surface area contributed by atoms with E-state index < -0.39 is 0 Å². The van der Waals surface area contributed by atoms with E-state index in [1.54, 1.807) is 0 Å². The lowest BCUT2D eigenvalue weighted by molar-refractivity contribution is -0.119. The van der Waals surface area contributed by atoms with Gasteiger partial charge in [0.2, 0.25) is 6.41 Å². The molecule has 1 heterocycles. The topological polar surface area (TPSA) is 23.6 Å². The molecular formula is C15H20N2O. The van der Waals surface area contributed by atoms with Crippen LogP contribution in [0.25, 0.3) is 6.08 Å². The third kappa shape index (κ3) is 3.70. The van der Waals surface area contributed by atoms with E-state index in [0.29, 0.717) is 0 Å². The Hall–Kier alpha value is -1.61. The molecule has 0 bridgehead atoms. The molecule has 1 amide bonds. The average molecular weight is 244 g/mol. The Labute approximate surface area is 109 Å². The van der Waals surface area contributed by atoms with Gasteiger partial charge in [-0.3, -0.25) is 9.69 Å². The zero-order chi connectivity index (χ0) is 12.8. The highest BCUT2D eigenvalue weighted by Crippen LogP contribution is 2.09. The minimum atomic E-state index is 0.849. The molecular weight excluding hydrogens is 224 g/mol. The Kier molecular flexibility index (Phi) is 4.53. The van der Waals surface area contributed by atoms with E-state index >= 15 is 0 Å². The highest BCUT2D eigenvalue weighted by molar-refractivity contribution is 5.52. The maximum Gasteiger partial charge on any atom is 0.209 e. The molecule has 96 valence electrons. The van der Waals surface area contributed by atoms with Crippen LogP contribution in [0.2, 0.25) is 0 Å². The molecule has 0 atom stereocenters. The maximum absolute atomic E-state index is 10.6.